The van der Waals surface area contributed by atoms with Gasteiger partial charge in [-0.1, -0.05) is 29.8 Å². The molecule has 3 heteroatoms. The number of carbonyl (C=O) groups is 1. The summed E-state index contributed by atoms with van der Waals surface area (Å²) < 4.78 is 0. The molecule has 19 heavy (non-hydrogen) atoms. The van der Waals surface area contributed by atoms with Gasteiger partial charge in [0.25, 0.3) is 0 Å². The summed E-state index contributed by atoms with van der Waals surface area (Å²) >= 11 is 0. The van der Waals surface area contributed by atoms with Gasteiger partial charge in [0.05, 0.1) is 6.42 Å². The molecule has 1 aromatic heterocycles. The Morgan fingerprint density at radius 2 is 1.95 bits per heavy atom. The Morgan fingerprint density at radius 3 is 2.68 bits per heavy atom. The van der Waals surface area contributed by atoms with E-state index in [1.807, 2.05) is 39.0 Å². The van der Waals surface area contributed by atoms with E-state index in [0.717, 1.165) is 16.8 Å². The van der Waals surface area contributed by atoms with Crippen molar-refractivity contribution < 1.29 is 4.79 Å². The fourth-order valence-electron chi connectivity index (χ4n) is 1.96. The Balaban J connectivity index is 2.07. The number of aryl methyl sites for hydroxylation is 3. The first-order valence-corrected chi connectivity index (χ1v) is 6.34. The molecular weight excluding hydrogens is 236 g/mol. The summed E-state index contributed by atoms with van der Waals surface area (Å²) in [6, 6.07) is 11.7. The second-order valence-corrected chi connectivity index (χ2v) is 4.82. The molecule has 1 amide bonds. The van der Waals surface area contributed by atoms with E-state index in [1.54, 1.807) is 6.07 Å². The summed E-state index contributed by atoms with van der Waals surface area (Å²) in [5.41, 5.74) is 4.26. The maximum Gasteiger partial charge on any atom is 0.229 e. The van der Waals surface area contributed by atoms with Crippen LogP contribution in [-0.2, 0) is 11.2 Å². The van der Waals surface area contributed by atoms with Crippen LogP contribution in [0.1, 0.15) is 22.4 Å². The predicted octanol–water partition coefficient (Wildman–Crippen LogP) is 3.19. The molecular formula is C16H18N2O. The smallest absolute Gasteiger partial charge is 0.229 e. The molecule has 3 nitrogen and oxygen atoms in total. The monoisotopic (exact) mass is 254 g/mol. The summed E-state index contributed by atoms with van der Waals surface area (Å²) in [7, 11) is 0. The van der Waals surface area contributed by atoms with Crippen LogP contribution in [0.15, 0.2) is 36.4 Å². The van der Waals surface area contributed by atoms with Gasteiger partial charge in [0.15, 0.2) is 0 Å². The number of anilines is 1. The molecule has 2 aromatic rings. The lowest BCUT2D eigenvalue weighted by Gasteiger charge is -2.08. The van der Waals surface area contributed by atoms with E-state index in [-0.39, 0.29) is 5.91 Å². The molecule has 0 saturated heterocycles. The number of pyridine rings is 1. The van der Waals surface area contributed by atoms with Crippen molar-refractivity contribution in [1.29, 1.82) is 0 Å². The number of benzene rings is 1. The second kappa shape index (κ2) is 5.65. The van der Waals surface area contributed by atoms with Gasteiger partial charge in [0, 0.05) is 5.69 Å². The van der Waals surface area contributed by atoms with Crippen LogP contribution < -0.4 is 5.32 Å². The third kappa shape index (κ3) is 3.65. The fourth-order valence-corrected chi connectivity index (χ4v) is 1.96. The van der Waals surface area contributed by atoms with Gasteiger partial charge >= 0.3 is 0 Å². The van der Waals surface area contributed by atoms with Crippen LogP contribution in [0.3, 0.4) is 0 Å². The lowest BCUT2D eigenvalue weighted by atomic mass is 10.0. The number of amides is 1. The summed E-state index contributed by atoms with van der Waals surface area (Å²) in [6.45, 7) is 5.95. The van der Waals surface area contributed by atoms with E-state index in [4.69, 9.17) is 0 Å². The summed E-state index contributed by atoms with van der Waals surface area (Å²) in [6.07, 6.45) is 0.378. The highest BCUT2D eigenvalue weighted by atomic mass is 16.1. The van der Waals surface area contributed by atoms with Crippen LogP contribution in [-0.4, -0.2) is 10.9 Å². The van der Waals surface area contributed by atoms with E-state index >= 15 is 0 Å². The summed E-state index contributed by atoms with van der Waals surface area (Å²) in [5.74, 6) is 0.571. The highest BCUT2D eigenvalue weighted by Crippen LogP contribution is 2.12. The third-order valence-corrected chi connectivity index (χ3v) is 3.01. The molecule has 0 aliphatic heterocycles. The van der Waals surface area contributed by atoms with E-state index in [9.17, 15) is 4.79 Å². The molecule has 98 valence electrons. The molecule has 0 saturated carbocycles. The first kappa shape index (κ1) is 13.3. The maximum atomic E-state index is 12.0. The van der Waals surface area contributed by atoms with E-state index in [0.29, 0.717) is 12.2 Å². The van der Waals surface area contributed by atoms with Crippen LogP contribution in [0.4, 0.5) is 5.82 Å². The number of hydrogen-bond donors (Lipinski definition) is 1. The minimum Gasteiger partial charge on any atom is -0.310 e. The maximum absolute atomic E-state index is 12.0. The zero-order valence-corrected chi connectivity index (χ0v) is 11.5. The van der Waals surface area contributed by atoms with Crippen molar-refractivity contribution in [2.45, 2.75) is 27.2 Å². The number of rotatable bonds is 3. The van der Waals surface area contributed by atoms with Crippen molar-refractivity contribution >= 4 is 11.7 Å². The highest BCUT2D eigenvalue weighted by molar-refractivity contribution is 5.91. The van der Waals surface area contributed by atoms with E-state index in [2.05, 4.69) is 22.4 Å². The molecule has 0 radical (unpaired) electrons. The zero-order valence-electron chi connectivity index (χ0n) is 11.5. The SMILES string of the molecule is Cc1ccc(C)c(CC(=O)Nc2cccc(C)n2)c1. The molecule has 0 spiro atoms. The quantitative estimate of drug-likeness (QED) is 0.914. The number of nitrogens with zero attached hydrogens (tertiary/aromatic N) is 1. The lowest BCUT2D eigenvalue weighted by Crippen LogP contribution is -2.16. The molecule has 0 bridgehead atoms. The van der Waals surface area contributed by atoms with Gasteiger partial charge in [-0.15, -0.1) is 0 Å². The van der Waals surface area contributed by atoms with Gasteiger partial charge in [-0.2, -0.15) is 0 Å². The van der Waals surface area contributed by atoms with Crippen molar-refractivity contribution in [3.8, 4) is 0 Å². The molecule has 0 aliphatic rings. The number of nitrogens with one attached hydrogen (secondary N) is 1. The normalized spacial score (nSPS) is 10.3. The standard InChI is InChI=1S/C16H18N2O/c1-11-7-8-12(2)14(9-11)10-16(19)18-15-6-4-5-13(3)17-15/h4-9H,10H2,1-3H3,(H,17,18,19). The Hall–Kier alpha value is -2.16. The van der Waals surface area contributed by atoms with Gasteiger partial charge in [-0.05, 0) is 44.0 Å². The first-order chi connectivity index (χ1) is 9.04. The molecule has 0 fully saturated rings. The number of hydrogen-bond acceptors (Lipinski definition) is 2. The Bertz CT molecular complexity index is 605. The third-order valence-electron chi connectivity index (χ3n) is 3.01. The average molecular weight is 254 g/mol. The lowest BCUT2D eigenvalue weighted by molar-refractivity contribution is -0.115. The number of aromatic nitrogens is 1. The fraction of sp³-hybridized carbons (Fsp3) is 0.250. The van der Waals surface area contributed by atoms with Crippen molar-refractivity contribution in [3.63, 3.8) is 0 Å². The van der Waals surface area contributed by atoms with Gasteiger partial charge in [0.1, 0.15) is 5.82 Å². The van der Waals surface area contributed by atoms with Crippen LogP contribution in [0.25, 0.3) is 0 Å². The molecule has 1 N–H and O–H groups in total. The van der Waals surface area contributed by atoms with Crippen LogP contribution in [0.2, 0.25) is 0 Å². The average Bonchev–Trinajstić information content (AvgIpc) is 2.34. The van der Waals surface area contributed by atoms with E-state index in [1.165, 1.54) is 5.56 Å². The van der Waals surface area contributed by atoms with Crippen molar-refractivity contribution in [3.05, 3.63) is 58.8 Å². The molecule has 0 aliphatic carbocycles. The van der Waals surface area contributed by atoms with Crippen molar-refractivity contribution in [2.24, 2.45) is 0 Å². The highest BCUT2D eigenvalue weighted by Gasteiger charge is 2.07. The van der Waals surface area contributed by atoms with Gasteiger partial charge in [-0.3, -0.25) is 4.79 Å². The number of carbonyl (C=O) groups excluding carboxylic acids is 1. The molecule has 1 heterocycles. The molecule has 1 aromatic carbocycles. The molecule has 2 rings (SSSR count). The van der Waals surface area contributed by atoms with Crippen molar-refractivity contribution in [2.75, 3.05) is 5.32 Å². The Morgan fingerprint density at radius 1 is 1.16 bits per heavy atom. The second-order valence-electron chi connectivity index (χ2n) is 4.82. The van der Waals surface area contributed by atoms with Crippen molar-refractivity contribution in [1.82, 2.24) is 4.98 Å². The summed E-state index contributed by atoms with van der Waals surface area (Å²) in [5, 5.41) is 2.83. The van der Waals surface area contributed by atoms with Crippen LogP contribution in [0, 0.1) is 20.8 Å². The largest absolute Gasteiger partial charge is 0.310 e. The zero-order chi connectivity index (χ0) is 13.8. The minimum absolute atomic E-state index is 0.0354. The van der Waals surface area contributed by atoms with Crippen LogP contribution in [0.5, 0.6) is 0 Å². The van der Waals surface area contributed by atoms with Gasteiger partial charge in [0.2, 0.25) is 5.91 Å². The Labute approximate surface area is 113 Å². The van der Waals surface area contributed by atoms with Gasteiger partial charge < -0.3 is 5.32 Å². The topological polar surface area (TPSA) is 42.0 Å². The van der Waals surface area contributed by atoms with Crippen LogP contribution >= 0.6 is 0 Å². The van der Waals surface area contributed by atoms with Gasteiger partial charge in [-0.25, -0.2) is 4.98 Å². The molecule has 0 atom stereocenters. The summed E-state index contributed by atoms with van der Waals surface area (Å²) in [4.78, 5) is 16.3. The molecule has 0 unspecified atom stereocenters. The first-order valence-electron chi connectivity index (χ1n) is 6.34. The Kier molecular flexibility index (Phi) is 3.95. The van der Waals surface area contributed by atoms with E-state index < -0.39 is 0 Å². The minimum atomic E-state index is -0.0354. The predicted molar refractivity (Wildman–Crippen MR) is 77.2 cm³/mol.